The third-order valence-electron chi connectivity index (χ3n) is 5.13. The molecule has 2 aliphatic rings. The van der Waals surface area contributed by atoms with Gasteiger partial charge in [-0.2, -0.15) is 0 Å². The van der Waals surface area contributed by atoms with Crippen LogP contribution < -0.4 is 0 Å². The van der Waals surface area contributed by atoms with Crippen molar-refractivity contribution in [3.05, 3.63) is 45.0 Å². The van der Waals surface area contributed by atoms with Gasteiger partial charge in [-0.15, -0.1) is 0 Å². The summed E-state index contributed by atoms with van der Waals surface area (Å²) in [5, 5.41) is 9.65. The number of phenols is 1. The Morgan fingerprint density at radius 3 is 2.88 bits per heavy atom. The molecule has 4 nitrogen and oxygen atoms in total. The van der Waals surface area contributed by atoms with Crippen molar-refractivity contribution in [3.63, 3.8) is 0 Å². The number of halogens is 1. The number of sulfone groups is 1. The fourth-order valence-electron chi connectivity index (χ4n) is 3.93. The topological polar surface area (TPSA) is 63.6 Å². The van der Waals surface area contributed by atoms with Crippen LogP contribution in [0.4, 0.5) is 0 Å². The van der Waals surface area contributed by atoms with E-state index in [0.717, 1.165) is 46.9 Å². The molecule has 142 valence electrons. The number of hydrogen-bond acceptors (Lipinski definition) is 4. The van der Waals surface area contributed by atoms with Crippen LogP contribution in [0, 0.1) is 0 Å². The lowest BCUT2D eigenvalue weighted by atomic mass is 9.95. The Hall–Kier alpha value is -1.11. The maximum Gasteiger partial charge on any atom is 0.163 e. The van der Waals surface area contributed by atoms with Crippen LogP contribution in [0.1, 0.15) is 45.1 Å². The molecule has 0 bridgehead atoms. The lowest BCUT2D eigenvalue weighted by molar-refractivity contribution is 0.117. The Morgan fingerprint density at radius 2 is 2.15 bits per heavy atom. The van der Waals surface area contributed by atoms with Gasteiger partial charge >= 0.3 is 0 Å². The van der Waals surface area contributed by atoms with Crippen molar-refractivity contribution >= 4 is 31.8 Å². The zero-order chi connectivity index (χ0) is 18.9. The second-order valence-electron chi connectivity index (χ2n) is 7.15. The van der Waals surface area contributed by atoms with E-state index in [1.54, 1.807) is 6.07 Å². The van der Waals surface area contributed by atoms with Crippen molar-refractivity contribution in [1.29, 1.82) is 0 Å². The molecule has 0 amide bonds. The van der Waals surface area contributed by atoms with Crippen LogP contribution >= 0.6 is 15.9 Å². The average molecular weight is 441 g/mol. The second kappa shape index (κ2) is 7.87. The molecule has 0 aliphatic carbocycles. The SMILES string of the molecule is CCC/C(=C\c1cc(Br)ccc1O)CC[C@H]1OC[C@H]2C1=C(C)CS2(=O)=O. The highest BCUT2D eigenvalue weighted by atomic mass is 79.9. The van der Waals surface area contributed by atoms with Gasteiger partial charge in [0, 0.05) is 10.0 Å². The first kappa shape index (κ1) is 19.6. The van der Waals surface area contributed by atoms with E-state index in [4.69, 9.17) is 4.74 Å². The smallest absolute Gasteiger partial charge is 0.163 e. The number of allylic oxidation sites excluding steroid dienone is 1. The molecule has 2 aliphatic heterocycles. The van der Waals surface area contributed by atoms with E-state index in [0.29, 0.717) is 6.61 Å². The predicted molar refractivity (Wildman–Crippen MR) is 108 cm³/mol. The van der Waals surface area contributed by atoms with Crippen molar-refractivity contribution in [2.45, 2.75) is 50.9 Å². The van der Waals surface area contributed by atoms with Crippen LogP contribution in [0.2, 0.25) is 0 Å². The molecule has 2 atom stereocenters. The van der Waals surface area contributed by atoms with E-state index in [1.807, 2.05) is 25.1 Å². The molecule has 1 aromatic rings. The first-order valence-electron chi connectivity index (χ1n) is 9.02. The summed E-state index contributed by atoms with van der Waals surface area (Å²) in [7, 11) is -3.07. The molecule has 1 saturated heterocycles. The molecule has 0 radical (unpaired) electrons. The maximum atomic E-state index is 12.2. The van der Waals surface area contributed by atoms with Crippen LogP contribution in [0.15, 0.2) is 39.4 Å². The summed E-state index contributed by atoms with van der Waals surface area (Å²) in [5.74, 6) is 0.440. The van der Waals surface area contributed by atoms with E-state index < -0.39 is 15.1 Å². The first-order valence-corrected chi connectivity index (χ1v) is 11.5. The van der Waals surface area contributed by atoms with Crippen LogP contribution in [-0.4, -0.2) is 37.2 Å². The quantitative estimate of drug-likeness (QED) is 0.654. The summed E-state index contributed by atoms with van der Waals surface area (Å²) in [4.78, 5) is 0. The third-order valence-corrected chi connectivity index (χ3v) is 7.72. The molecule has 2 heterocycles. The van der Waals surface area contributed by atoms with Gasteiger partial charge in [0.05, 0.1) is 18.5 Å². The maximum absolute atomic E-state index is 12.2. The van der Waals surface area contributed by atoms with Gasteiger partial charge < -0.3 is 9.84 Å². The molecule has 0 unspecified atom stereocenters. The zero-order valence-electron chi connectivity index (χ0n) is 15.2. The highest BCUT2D eigenvalue weighted by Crippen LogP contribution is 2.38. The van der Waals surface area contributed by atoms with Crippen molar-refractivity contribution < 1.29 is 18.3 Å². The molecule has 3 rings (SSSR count). The molecule has 6 heteroatoms. The first-order chi connectivity index (χ1) is 12.3. The summed E-state index contributed by atoms with van der Waals surface area (Å²) in [6.45, 7) is 4.34. The highest BCUT2D eigenvalue weighted by molar-refractivity contribution is 9.10. The average Bonchev–Trinajstić information content (AvgIpc) is 3.09. The lowest BCUT2D eigenvalue weighted by Crippen LogP contribution is -2.19. The van der Waals surface area contributed by atoms with Gasteiger partial charge in [0.15, 0.2) is 9.84 Å². The summed E-state index contributed by atoms with van der Waals surface area (Å²) < 4.78 is 31.1. The third kappa shape index (κ3) is 4.07. The molecule has 1 fully saturated rings. The Bertz CT molecular complexity index is 855. The van der Waals surface area contributed by atoms with Gasteiger partial charge in [0.2, 0.25) is 0 Å². The lowest BCUT2D eigenvalue weighted by Gasteiger charge is -2.14. The van der Waals surface area contributed by atoms with Crippen molar-refractivity contribution in [3.8, 4) is 5.75 Å². The minimum Gasteiger partial charge on any atom is -0.507 e. The van der Waals surface area contributed by atoms with Crippen LogP contribution in [0.5, 0.6) is 5.75 Å². The summed E-state index contributed by atoms with van der Waals surface area (Å²) in [6.07, 6.45) is 5.51. The Labute approximate surface area is 164 Å². The van der Waals surface area contributed by atoms with Gasteiger partial charge in [-0.25, -0.2) is 8.42 Å². The number of ether oxygens (including phenoxy) is 1. The van der Waals surface area contributed by atoms with E-state index in [1.165, 1.54) is 5.57 Å². The largest absolute Gasteiger partial charge is 0.507 e. The Kier molecular flexibility index (Phi) is 5.94. The zero-order valence-corrected chi connectivity index (χ0v) is 17.6. The summed E-state index contributed by atoms with van der Waals surface area (Å²) in [6, 6.07) is 5.40. The van der Waals surface area contributed by atoms with Crippen molar-refractivity contribution in [2.75, 3.05) is 12.4 Å². The Morgan fingerprint density at radius 1 is 1.38 bits per heavy atom. The van der Waals surface area contributed by atoms with E-state index >= 15 is 0 Å². The normalized spacial score (nSPS) is 25.0. The fraction of sp³-hybridized carbons (Fsp3) is 0.500. The molecule has 0 aromatic heterocycles. The summed E-state index contributed by atoms with van der Waals surface area (Å²) in [5.41, 5.74) is 3.99. The molecule has 1 N–H and O–H groups in total. The number of hydrogen-bond donors (Lipinski definition) is 1. The van der Waals surface area contributed by atoms with E-state index in [9.17, 15) is 13.5 Å². The van der Waals surface area contributed by atoms with Crippen LogP contribution in [-0.2, 0) is 14.6 Å². The van der Waals surface area contributed by atoms with Crippen LogP contribution in [0.25, 0.3) is 6.08 Å². The minimum atomic E-state index is -3.07. The van der Waals surface area contributed by atoms with Gasteiger partial charge in [-0.1, -0.05) is 46.5 Å². The number of rotatable bonds is 6. The van der Waals surface area contributed by atoms with Crippen LogP contribution in [0.3, 0.4) is 0 Å². The number of aromatic hydroxyl groups is 1. The molecule has 0 spiro atoms. The standard InChI is InChI=1S/C20H25BrO4S/c1-3-4-14(9-15-10-16(21)6-7-17(15)22)5-8-18-20-13(2)12-26(23,24)19(20)11-25-18/h6-7,9-10,18-19,22H,3-5,8,11-12H2,1-2H3/b14-9+/t18-,19+/m1/s1. The van der Waals surface area contributed by atoms with E-state index in [-0.39, 0.29) is 17.6 Å². The predicted octanol–water partition coefficient (Wildman–Crippen LogP) is 4.63. The van der Waals surface area contributed by atoms with Gasteiger partial charge in [-0.3, -0.25) is 0 Å². The van der Waals surface area contributed by atoms with E-state index in [2.05, 4.69) is 22.9 Å². The number of benzene rings is 1. The molecular formula is C20H25BrO4S. The Balaban J connectivity index is 1.75. The molecule has 26 heavy (non-hydrogen) atoms. The van der Waals surface area contributed by atoms with Gasteiger partial charge in [0.25, 0.3) is 0 Å². The van der Waals surface area contributed by atoms with Gasteiger partial charge in [0.1, 0.15) is 11.0 Å². The number of phenolic OH excluding ortho intramolecular Hbond substituents is 1. The second-order valence-corrected chi connectivity index (χ2v) is 10.2. The summed E-state index contributed by atoms with van der Waals surface area (Å²) >= 11 is 3.44. The highest BCUT2D eigenvalue weighted by Gasteiger charge is 2.45. The fourth-order valence-corrected chi connectivity index (χ4v) is 6.31. The number of fused-ring (bicyclic) bond motifs is 1. The molecule has 0 saturated carbocycles. The van der Waals surface area contributed by atoms with Gasteiger partial charge in [-0.05, 0) is 50.0 Å². The molecule has 1 aromatic carbocycles. The monoisotopic (exact) mass is 440 g/mol. The molecular weight excluding hydrogens is 416 g/mol. The van der Waals surface area contributed by atoms with Crippen molar-refractivity contribution in [2.24, 2.45) is 0 Å². The minimum absolute atomic E-state index is 0.103. The van der Waals surface area contributed by atoms with Crippen molar-refractivity contribution in [1.82, 2.24) is 0 Å².